The maximum Gasteiger partial charge on any atom is 0.164 e. The van der Waals surface area contributed by atoms with E-state index in [1.54, 1.807) is 11.3 Å². The zero-order valence-electron chi connectivity index (χ0n) is 18.7. The fraction of sp³-hybridized carbons (Fsp3) is 0.259. The molecule has 0 spiro atoms. The number of aromatic nitrogens is 2. The van der Waals surface area contributed by atoms with Crippen molar-refractivity contribution < 1.29 is 4.42 Å². The molecule has 0 aliphatic rings. The number of benzene rings is 2. The summed E-state index contributed by atoms with van der Waals surface area (Å²) in [6, 6.07) is 19.1. The van der Waals surface area contributed by atoms with Crippen molar-refractivity contribution in [2.24, 2.45) is 0 Å². The van der Waals surface area contributed by atoms with Crippen LogP contribution in [0.4, 0.5) is 0 Å². The van der Waals surface area contributed by atoms with Gasteiger partial charge in [-0.25, -0.2) is 4.98 Å². The Bertz CT molecular complexity index is 1470. The van der Waals surface area contributed by atoms with Gasteiger partial charge in [-0.15, -0.1) is 11.3 Å². The second-order valence-corrected chi connectivity index (χ2v) is 10.1. The molecule has 0 radical (unpaired) electrons. The molecule has 0 fully saturated rings. The summed E-state index contributed by atoms with van der Waals surface area (Å²) < 4.78 is 8.37. The molecule has 0 aliphatic heterocycles. The summed E-state index contributed by atoms with van der Waals surface area (Å²) >= 11 is 1.62. The maximum absolute atomic E-state index is 9.60. The largest absolute Gasteiger partial charge is 0.454 e. The Morgan fingerprint density at radius 3 is 2.69 bits per heavy atom. The van der Waals surface area contributed by atoms with Gasteiger partial charge < -0.3 is 8.98 Å². The molecule has 5 rings (SSSR count). The summed E-state index contributed by atoms with van der Waals surface area (Å²) in [4.78, 5) is 4.80. The minimum atomic E-state index is 0.0180. The highest BCUT2D eigenvalue weighted by molar-refractivity contribution is 7.13. The molecule has 1 atom stereocenters. The molecule has 32 heavy (non-hydrogen) atoms. The number of furan rings is 1. The van der Waals surface area contributed by atoms with E-state index < -0.39 is 0 Å². The highest BCUT2D eigenvalue weighted by atomic mass is 32.1. The molecule has 0 N–H and O–H groups in total. The molecule has 5 aromatic rings. The van der Waals surface area contributed by atoms with E-state index >= 15 is 0 Å². The van der Waals surface area contributed by atoms with Gasteiger partial charge in [-0.1, -0.05) is 52.0 Å². The molecule has 5 heteroatoms. The van der Waals surface area contributed by atoms with Crippen molar-refractivity contribution in [1.82, 2.24) is 9.55 Å². The third-order valence-electron chi connectivity index (χ3n) is 5.99. The zero-order valence-corrected chi connectivity index (χ0v) is 19.5. The summed E-state index contributed by atoms with van der Waals surface area (Å²) in [6.45, 7) is 8.69. The van der Waals surface area contributed by atoms with Gasteiger partial charge >= 0.3 is 0 Å². The first-order chi connectivity index (χ1) is 15.4. The molecule has 0 amide bonds. The molecule has 160 valence electrons. The Balaban J connectivity index is 1.56. The first-order valence-electron chi connectivity index (χ1n) is 10.9. The average Bonchev–Trinajstić information content (AvgIpc) is 3.50. The average molecular weight is 440 g/mol. The summed E-state index contributed by atoms with van der Waals surface area (Å²) in [5.74, 6) is 0.809. The molecule has 0 aliphatic carbocycles. The number of hydrogen-bond donors (Lipinski definition) is 0. The highest BCUT2D eigenvalue weighted by Crippen LogP contribution is 2.36. The van der Waals surface area contributed by atoms with Gasteiger partial charge in [-0.3, -0.25) is 0 Å². The Hall–Kier alpha value is -3.36. The van der Waals surface area contributed by atoms with Gasteiger partial charge in [0.1, 0.15) is 11.7 Å². The zero-order chi connectivity index (χ0) is 22.5. The molecular weight excluding hydrogens is 414 g/mol. The van der Waals surface area contributed by atoms with Gasteiger partial charge in [0, 0.05) is 33.3 Å². The van der Waals surface area contributed by atoms with Gasteiger partial charge in [0.2, 0.25) is 0 Å². The number of thiazole rings is 1. The second kappa shape index (κ2) is 7.65. The monoisotopic (exact) mass is 439 g/mol. The number of rotatable bonds is 4. The second-order valence-electron chi connectivity index (χ2n) is 9.20. The highest BCUT2D eigenvalue weighted by Gasteiger charge is 2.21. The van der Waals surface area contributed by atoms with E-state index in [1.807, 2.05) is 30.5 Å². The minimum absolute atomic E-state index is 0.0180. The lowest BCUT2D eigenvalue weighted by Gasteiger charge is -2.19. The van der Waals surface area contributed by atoms with Gasteiger partial charge in [-0.2, -0.15) is 5.26 Å². The Labute approximate surface area is 191 Å². The Kier molecular flexibility index (Phi) is 4.91. The van der Waals surface area contributed by atoms with E-state index in [1.165, 1.54) is 5.56 Å². The molecule has 3 aromatic heterocycles. The normalized spacial score (nSPS) is 13.0. The standard InChI is InChI=1S/C27H25N3OS/c1-5-21(30-15-19(14-28)20-8-6-7-9-22(20)30)17-10-11-23-18(12-17)13-24(31-23)26-29-25(16-32-26)27(2,3)4/h6-13,15-16,21H,5H2,1-4H3. The van der Waals surface area contributed by atoms with Crippen LogP contribution >= 0.6 is 11.3 Å². The smallest absolute Gasteiger partial charge is 0.164 e. The fourth-order valence-electron chi connectivity index (χ4n) is 4.25. The lowest BCUT2D eigenvalue weighted by molar-refractivity contribution is 0.571. The van der Waals surface area contributed by atoms with Crippen LogP contribution in [-0.4, -0.2) is 9.55 Å². The molecule has 0 saturated carbocycles. The van der Waals surface area contributed by atoms with E-state index in [0.717, 1.165) is 44.8 Å². The topological polar surface area (TPSA) is 54.8 Å². The van der Waals surface area contributed by atoms with Crippen molar-refractivity contribution in [3.05, 3.63) is 76.9 Å². The van der Waals surface area contributed by atoms with Gasteiger partial charge in [-0.05, 0) is 36.2 Å². The molecular formula is C27H25N3OS. The number of nitrogens with zero attached hydrogens (tertiary/aromatic N) is 3. The number of nitriles is 1. The van der Waals surface area contributed by atoms with Gasteiger partial charge in [0.25, 0.3) is 0 Å². The van der Waals surface area contributed by atoms with E-state index in [2.05, 4.69) is 68.0 Å². The number of fused-ring (bicyclic) bond motifs is 2. The van der Waals surface area contributed by atoms with Crippen LogP contribution in [0.2, 0.25) is 0 Å². The quantitative estimate of drug-likeness (QED) is 0.288. The van der Waals surface area contributed by atoms with Gasteiger partial charge in [0.15, 0.2) is 10.8 Å². The van der Waals surface area contributed by atoms with Crippen LogP contribution < -0.4 is 0 Å². The molecule has 0 bridgehead atoms. The minimum Gasteiger partial charge on any atom is -0.454 e. The summed E-state index contributed by atoms with van der Waals surface area (Å²) in [5.41, 5.74) is 4.96. The fourth-order valence-corrected chi connectivity index (χ4v) is 5.25. The lowest BCUT2D eigenvalue weighted by Crippen LogP contribution is -2.11. The van der Waals surface area contributed by atoms with Crippen molar-refractivity contribution in [1.29, 1.82) is 5.26 Å². The lowest BCUT2D eigenvalue weighted by atomic mass is 9.93. The summed E-state index contributed by atoms with van der Waals surface area (Å²) in [6.07, 6.45) is 2.90. The van der Waals surface area contributed by atoms with Crippen molar-refractivity contribution in [2.75, 3.05) is 0 Å². The Morgan fingerprint density at radius 1 is 1.16 bits per heavy atom. The first kappa shape index (κ1) is 20.5. The van der Waals surface area contributed by atoms with Crippen molar-refractivity contribution >= 4 is 33.2 Å². The van der Waals surface area contributed by atoms with Gasteiger partial charge in [0.05, 0.1) is 17.3 Å². The Morgan fingerprint density at radius 2 is 1.97 bits per heavy atom. The van der Waals surface area contributed by atoms with Crippen LogP contribution in [0.5, 0.6) is 0 Å². The van der Waals surface area contributed by atoms with E-state index in [4.69, 9.17) is 9.40 Å². The molecule has 1 unspecified atom stereocenters. The molecule has 3 heterocycles. The van der Waals surface area contributed by atoms with Crippen LogP contribution in [0.3, 0.4) is 0 Å². The summed E-state index contributed by atoms with van der Waals surface area (Å²) in [7, 11) is 0. The SMILES string of the molecule is CCC(c1ccc2oc(-c3nc(C(C)(C)C)cs3)cc2c1)n1cc(C#N)c2ccccc21. The number of para-hydroxylation sites is 1. The van der Waals surface area contributed by atoms with E-state index in [-0.39, 0.29) is 11.5 Å². The molecule has 0 saturated heterocycles. The van der Waals surface area contributed by atoms with Crippen LogP contribution in [0.25, 0.3) is 32.6 Å². The third-order valence-corrected chi connectivity index (χ3v) is 6.85. The first-order valence-corrected chi connectivity index (χ1v) is 11.8. The van der Waals surface area contributed by atoms with Crippen LogP contribution in [-0.2, 0) is 5.41 Å². The van der Waals surface area contributed by atoms with Crippen LogP contribution in [0.1, 0.15) is 57.0 Å². The summed E-state index contributed by atoms with van der Waals surface area (Å²) in [5, 5.41) is 14.7. The molecule has 2 aromatic carbocycles. The van der Waals surface area contributed by atoms with Crippen molar-refractivity contribution in [2.45, 2.75) is 45.6 Å². The van der Waals surface area contributed by atoms with E-state index in [9.17, 15) is 5.26 Å². The number of hydrogen-bond acceptors (Lipinski definition) is 4. The predicted octanol–water partition coefficient (Wildman–Crippen LogP) is 7.68. The molecule has 4 nitrogen and oxygen atoms in total. The maximum atomic E-state index is 9.60. The van der Waals surface area contributed by atoms with Crippen molar-refractivity contribution in [3.63, 3.8) is 0 Å². The van der Waals surface area contributed by atoms with Crippen molar-refractivity contribution in [3.8, 4) is 16.8 Å². The van der Waals surface area contributed by atoms with Crippen LogP contribution in [0, 0.1) is 11.3 Å². The van der Waals surface area contributed by atoms with E-state index in [0.29, 0.717) is 5.56 Å². The predicted molar refractivity (Wildman–Crippen MR) is 131 cm³/mol. The third kappa shape index (κ3) is 3.41. The van der Waals surface area contributed by atoms with Crippen LogP contribution in [0.15, 0.2) is 64.5 Å².